The van der Waals surface area contributed by atoms with E-state index in [-0.39, 0.29) is 11.8 Å². The van der Waals surface area contributed by atoms with Crippen molar-refractivity contribution >= 4 is 11.1 Å². The lowest BCUT2D eigenvalue weighted by Crippen LogP contribution is -2.36. The Morgan fingerprint density at radius 3 is 3.05 bits per heavy atom. The maximum absolute atomic E-state index is 11.5. The quantitative estimate of drug-likeness (QED) is 0.870. The molecule has 2 atom stereocenters. The minimum absolute atomic E-state index is 0.261. The van der Waals surface area contributed by atoms with E-state index in [1.165, 1.54) is 18.4 Å². The topological polar surface area (TPSA) is 59.2 Å². The number of hydrogen-bond acceptors (Lipinski definition) is 4. The van der Waals surface area contributed by atoms with E-state index in [1.54, 1.807) is 11.6 Å². The summed E-state index contributed by atoms with van der Waals surface area (Å²) in [6.07, 6.45) is 2.39. The summed E-state index contributed by atoms with van der Waals surface area (Å²) in [4.78, 5) is 11.5. The molecule has 0 radical (unpaired) electrons. The van der Waals surface area contributed by atoms with Crippen LogP contribution >= 0.6 is 0 Å². The van der Waals surface area contributed by atoms with Gasteiger partial charge in [-0.1, -0.05) is 6.07 Å². The van der Waals surface area contributed by atoms with Gasteiger partial charge in [0.2, 0.25) is 0 Å². The zero-order chi connectivity index (χ0) is 13.4. The second-order valence-electron chi connectivity index (χ2n) is 5.12. The molecule has 5 nitrogen and oxygen atoms in total. The minimum Gasteiger partial charge on any atom is -0.408 e. The Bertz CT molecular complexity index is 638. The Morgan fingerprint density at radius 2 is 2.37 bits per heavy atom. The average molecular weight is 261 g/mol. The molecule has 1 aliphatic heterocycles. The first kappa shape index (κ1) is 12.4. The van der Waals surface area contributed by atoms with Crippen LogP contribution in [0, 0.1) is 0 Å². The number of fused-ring (bicyclic) bond motifs is 1. The molecule has 0 aliphatic carbocycles. The van der Waals surface area contributed by atoms with Crippen molar-refractivity contribution in [2.75, 3.05) is 13.6 Å². The van der Waals surface area contributed by atoms with Gasteiger partial charge in [0.25, 0.3) is 0 Å². The van der Waals surface area contributed by atoms with E-state index in [4.69, 9.17) is 4.42 Å². The molecule has 1 aromatic heterocycles. The van der Waals surface area contributed by atoms with Crippen LogP contribution in [-0.4, -0.2) is 24.2 Å². The Hall–Kier alpha value is -1.59. The molecule has 3 rings (SSSR count). The third-order valence-electron chi connectivity index (χ3n) is 3.99. The molecule has 5 heteroatoms. The molecule has 1 aromatic carbocycles. The number of nitrogens with zero attached hydrogens (tertiary/aromatic N) is 1. The number of rotatable bonds is 3. The first-order valence-electron chi connectivity index (χ1n) is 6.71. The normalized spacial score (nSPS) is 21.1. The summed E-state index contributed by atoms with van der Waals surface area (Å²) in [5.41, 5.74) is 2.68. The Morgan fingerprint density at radius 1 is 1.53 bits per heavy atom. The van der Waals surface area contributed by atoms with Crippen molar-refractivity contribution in [2.24, 2.45) is 7.05 Å². The van der Waals surface area contributed by atoms with Crippen molar-refractivity contribution in [2.45, 2.75) is 24.9 Å². The maximum Gasteiger partial charge on any atom is 0.419 e. The molecule has 2 N–H and O–H groups in total. The third kappa shape index (κ3) is 2.09. The van der Waals surface area contributed by atoms with Crippen molar-refractivity contribution in [1.82, 2.24) is 15.2 Å². The zero-order valence-electron chi connectivity index (χ0n) is 11.3. The highest BCUT2D eigenvalue weighted by Gasteiger charge is 2.25. The van der Waals surface area contributed by atoms with Gasteiger partial charge in [-0.3, -0.25) is 4.57 Å². The largest absolute Gasteiger partial charge is 0.419 e. The fourth-order valence-corrected chi connectivity index (χ4v) is 2.93. The molecular formula is C14H19N3O2. The molecule has 0 saturated carbocycles. The predicted molar refractivity (Wildman–Crippen MR) is 74.3 cm³/mol. The highest BCUT2D eigenvalue weighted by molar-refractivity contribution is 5.73. The van der Waals surface area contributed by atoms with Gasteiger partial charge in [-0.25, -0.2) is 4.79 Å². The smallest absolute Gasteiger partial charge is 0.408 e. The van der Waals surface area contributed by atoms with Gasteiger partial charge in [0.15, 0.2) is 5.58 Å². The van der Waals surface area contributed by atoms with Crippen LogP contribution in [0.5, 0.6) is 0 Å². The van der Waals surface area contributed by atoms with E-state index in [0.717, 1.165) is 12.1 Å². The van der Waals surface area contributed by atoms with Crippen molar-refractivity contribution in [3.63, 3.8) is 0 Å². The standard InChI is InChI=1S/C14H19N3O2/c1-15-13(10-4-3-7-16-10)9-5-6-12-11(8-9)17(2)14(18)19-12/h5-6,8,10,13,15-16H,3-4,7H2,1-2H3. The SMILES string of the molecule is CNC(c1ccc2oc(=O)n(C)c2c1)C1CCCN1. The molecule has 0 spiro atoms. The minimum atomic E-state index is -0.313. The lowest BCUT2D eigenvalue weighted by Gasteiger charge is -2.23. The van der Waals surface area contributed by atoms with Crippen molar-refractivity contribution < 1.29 is 4.42 Å². The fourth-order valence-electron chi connectivity index (χ4n) is 2.93. The monoisotopic (exact) mass is 261 g/mol. The predicted octanol–water partition coefficient (Wildman–Crippen LogP) is 1.14. The highest BCUT2D eigenvalue weighted by atomic mass is 16.4. The number of benzene rings is 1. The summed E-state index contributed by atoms with van der Waals surface area (Å²) in [6, 6.07) is 6.67. The van der Waals surface area contributed by atoms with Crippen molar-refractivity contribution in [1.29, 1.82) is 0 Å². The van der Waals surface area contributed by atoms with Crippen molar-refractivity contribution in [3.8, 4) is 0 Å². The van der Waals surface area contributed by atoms with Crippen LogP contribution in [0.4, 0.5) is 0 Å². The van der Waals surface area contributed by atoms with E-state index in [2.05, 4.69) is 10.6 Å². The summed E-state index contributed by atoms with van der Waals surface area (Å²) >= 11 is 0. The first-order chi connectivity index (χ1) is 9.20. The van der Waals surface area contributed by atoms with Gasteiger partial charge in [-0.2, -0.15) is 0 Å². The Labute approximate surface area is 111 Å². The number of aryl methyl sites for hydroxylation is 1. The van der Waals surface area contributed by atoms with E-state index in [9.17, 15) is 4.79 Å². The molecule has 1 fully saturated rings. The molecule has 1 saturated heterocycles. The van der Waals surface area contributed by atoms with Gasteiger partial charge in [0.1, 0.15) is 0 Å². The molecular weight excluding hydrogens is 242 g/mol. The molecule has 2 heterocycles. The van der Waals surface area contributed by atoms with Gasteiger partial charge in [0.05, 0.1) is 5.52 Å². The molecule has 19 heavy (non-hydrogen) atoms. The Balaban J connectivity index is 2.03. The number of nitrogens with one attached hydrogen (secondary N) is 2. The van der Waals surface area contributed by atoms with Crippen LogP contribution in [0.25, 0.3) is 11.1 Å². The van der Waals surface area contributed by atoms with Crippen LogP contribution in [0.2, 0.25) is 0 Å². The van der Waals surface area contributed by atoms with Gasteiger partial charge < -0.3 is 15.1 Å². The average Bonchev–Trinajstić information content (AvgIpc) is 3.02. The second kappa shape index (κ2) is 4.83. The fraction of sp³-hybridized carbons (Fsp3) is 0.500. The first-order valence-corrected chi connectivity index (χ1v) is 6.71. The summed E-state index contributed by atoms with van der Waals surface area (Å²) in [7, 11) is 3.71. The van der Waals surface area contributed by atoms with Crippen LogP contribution in [0.15, 0.2) is 27.4 Å². The second-order valence-corrected chi connectivity index (χ2v) is 5.12. The van der Waals surface area contributed by atoms with Gasteiger partial charge >= 0.3 is 5.76 Å². The summed E-state index contributed by atoms with van der Waals surface area (Å²) in [6.45, 7) is 1.08. The Kier molecular flexibility index (Phi) is 3.16. The maximum atomic E-state index is 11.5. The molecule has 1 aliphatic rings. The van der Waals surface area contributed by atoms with E-state index >= 15 is 0 Å². The number of likely N-dealkylation sites (N-methyl/N-ethyl adjacent to an activating group) is 1. The highest BCUT2D eigenvalue weighted by Crippen LogP contribution is 2.25. The molecule has 2 unspecified atom stereocenters. The number of oxazole rings is 1. The summed E-state index contributed by atoms with van der Waals surface area (Å²) < 4.78 is 6.71. The molecule has 2 aromatic rings. The van der Waals surface area contributed by atoms with E-state index < -0.39 is 0 Å². The van der Waals surface area contributed by atoms with Crippen LogP contribution in [-0.2, 0) is 7.05 Å². The third-order valence-corrected chi connectivity index (χ3v) is 3.99. The van der Waals surface area contributed by atoms with Crippen LogP contribution in [0.1, 0.15) is 24.4 Å². The number of aromatic nitrogens is 1. The lowest BCUT2D eigenvalue weighted by atomic mass is 9.98. The van der Waals surface area contributed by atoms with Gasteiger partial charge in [-0.05, 0) is 44.1 Å². The van der Waals surface area contributed by atoms with E-state index in [1.807, 2.05) is 25.2 Å². The molecule has 0 bridgehead atoms. The molecule has 102 valence electrons. The van der Waals surface area contributed by atoms with Crippen molar-refractivity contribution in [3.05, 3.63) is 34.3 Å². The van der Waals surface area contributed by atoms with Gasteiger partial charge in [0, 0.05) is 19.1 Å². The summed E-state index contributed by atoms with van der Waals surface area (Å²) in [5.74, 6) is -0.313. The molecule has 0 amide bonds. The van der Waals surface area contributed by atoms with Crippen LogP contribution < -0.4 is 16.4 Å². The van der Waals surface area contributed by atoms with E-state index in [0.29, 0.717) is 11.6 Å². The zero-order valence-corrected chi connectivity index (χ0v) is 11.3. The number of hydrogen-bond donors (Lipinski definition) is 2. The van der Waals surface area contributed by atoms with Gasteiger partial charge in [-0.15, -0.1) is 0 Å². The summed E-state index contributed by atoms with van der Waals surface area (Å²) in [5, 5.41) is 6.89. The lowest BCUT2D eigenvalue weighted by molar-refractivity contribution is 0.441. The van der Waals surface area contributed by atoms with Crippen LogP contribution in [0.3, 0.4) is 0 Å².